The van der Waals surface area contributed by atoms with Crippen molar-refractivity contribution in [2.45, 2.75) is 45.7 Å². The van der Waals surface area contributed by atoms with E-state index in [9.17, 15) is 4.39 Å². The van der Waals surface area contributed by atoms with Gasteiger partial charge in [0.1, 0.15) is 5.82 Å². The lowest BCUT2D eigenvalue weighted by atomic mass is 10.1. The molecule has 1 aromatic rings. The molecule has 1 aromatic carbocycles. The molecule has 0 saturated heterocycles. The van der Waals surface area contributed by atoms with E-state index in [0.29, 0.717) is 6.04 Å². The topological polar surface area (TPSA) is 12.0 Å². The average Bonchev–Trinajstić information content (AvgIpc) is 2.96. The summed E-state index contributed by atoms with van der Waals surface area (Å²) in [5.74, 6) is 0.738. The first-order chi connectivity index (χ1) is 7.70. The fraction of sp³-hybridized carbons (Fsp3) is 0.571. The predicted molar refractivity (Wildman–Crippen MR) is 64.8 cm³/mol. The van der Waals surface area contributed by atoms with Gasteiger partial charge in [0.2, 0.25) is 0 Å². The Morgan fingerprint density at radius 1 is 1.44 bits per heavy atom. The maximum Gasteiger partial charge on any atom is 0.123 e. The molecule has 0 bridgehead atoms. The minimum atomic E-state index is -0.142. The molecule has 2 rings (SSSR count). The van der Waals surface area contributed by atoms with E-state index in [2.05, 4.69) is 12.2 Å². The summed E-state index contributed by atoms with van der Waals surface area (Å²) < 4.78 is 12.9. The van der Waals surface area contributed by atoms with Gasteiger partial charge in [0, 0.05) is 12.6 Å². The van der Waals surface area contributed by atoms with Gasteiger partial charge < -0.3 is 5.32 Å². The Morgan fingerprint density at radius 3 is 2.94 bits per heavy atom. The molecule has 16 heavy (non-hydrogen) atoms. The smallest absolute Gasteiger partial charge is 0.123 e. The second kappa shape index (κ2) is 4.96. The lowest BCUT2D eigenvalue weighted by Gasteiger charge is -2.07. The molecule has 1 aliphatic carbocycles. The van der Waals surface area contributed by atoms with Crippen molar-refractivity contribution in [2.75, 3.05) is 0 Å². The Morgan fingerprint density at radius 2 is 2.25 bits per heavy atom. The Hall–Kier alpha value is -0.890. The lowest BCUT2D eigenvalue weighted by Crippen LogP contribution is -2.18. The maximum atomic E-state index is 12.9. The van der Waals surface area contributed by atoms with Gasteiger partial charge in [-0.3, -0.25) is 0 Å². The molecule has 2 atom stereocenters. The number of halogens is 1. The minimum Gasteiger partial charge on any atom is -0.310 e. The zero-order chi connectivity index (χ0) is 11.5. The van der Waals surface area contributed by atoms with Crippen molar-refractivity contribution < 1.29 is 4.39 Å². The van der Waals surface area contributed by atoms with Gasteiger partial charge in [-0.15, -0.1) is 0 Å². The molecule has 0 aromatic heterocycles. The van der Waals surface area contributed by atoms with E-state index in [-0.39, 0.29) is 5.82 Å². The first-order valence-electron chi connectivity index (χ1n) is 6.19. The molecule has 1 nitrogen and oxygen atoms in total. The maximum absolute atomic E-state index is 12.9. The molecular weight excluding hydrogens is 201 g/mol. The van der Waals surface area contributed by atoms with Crippen molar-refractivity contribution in [1.82, 2.24) is 5.32 Å². The molecular formula is C14H20FN. The number of benzene rings is 1. The molecule has 1 fully saturated rings. The van der Waals surface area contributed by atoms with Gasteiger partial charge in [0.15, 0.2) is 0 Å². The summed E-state index contributed by atoms with van der Waals surface area (Å²) in [5.41, 5.74) is 2.25. The highest BCUT2D eigenvalue weighted by Crippen LogP contribution is 2.34. The zero-order valence-corrected chi connectivity index (χ0v) is 10.1. The number of rotatable bonds is 5. The third-order valence-electron chi connectivity index (χ3n) is 3.44. The van der Waals surface area contributed by atoms with Crippen molar-refractivity contribution in [3.05, 3.63) is 35.1 Å². The summed E-state index contributed by atoms with van der Waals surface area (Å²) in [7, 11) is 0. The van der Waals surface area contributed by atoms with Gasteiger partial charge >= 0.3 is 0 Å². The monoisotopic (exact) mass is 221 g/mol. The summed E-state index contributed by atoms with van der Waals surface area (Å²) in [5, 5.41) is 3.55. The predicted octanol–water partition coefficient (Wildman–Crippen LogP) is 3.41. The van der Waals surface area contributed by atoms with Crippen LogP contribution < -0.4 is 5.32 Å². The quantitative estimate of drug-likeness (QED) is 0.803. The SMILES string of the molecule is CCCC1CC1NCc1ccc(F)cc1C. The van der Waals surface area contributed by atoms with Crippen molar-refractivity contribution in [1.29, 1.82) is 0 Å². The molecule has 0 heterocycles. The van der Waals surface area contributed by atoms with Crippen LogP contribution in [0, 0.1) is 18.7 Å². The van der Waals surface area contributed by atoms with Gasteiger partial charge in [0.05, 0.1) is 0 Å². The molecule has 88 valence electrons. The third-order valence-corrected chi connectivity index (χ3v) is 3.44. The normalized spacial score (nSPS) is 23.4. The zero-order valence-electron chi connectivity index (χ0n) is 10.1. The van der Waals surface area contributed by atoms with Gasteiger partial charge in [0.25, 0.3) is 0 Å². The lowest BCUT2D eigenvalue weighted by molar-refractivity contribution is 0.595. The van der Waals surface area contributed by atoms with Gasteiger partial charge in [-0.2, -0.15) is 0 Å². The Bertz CT molecular complexity index is 362. The summed E-state index contributed by atoms with van der Waals surface area (Å²) in [6.07, 6.45) is 3.92. The standard InChI is InChI=1S/C14H20FN/c1-3-4-11-8-14(11)16-9-12-5-6-13(15)7-10(12)2/h5-7,11,14,16H,3-4,8-9H2,1-2H3. The molecule has 0 radical (unpaired) electrons. The Labute approximate surface area is 97.1 Å². The second-order valence-electron chi connectivity index (χ2n) is 4.84. The van der Waals surface area contributed by atoms with E-state index in [4.69, 9.17) is 0 Å². The van der Waals surface area contributed by atoms with Crippen LogP contribution in [-0.4, -0.2) is 6.04 Å². The van der Waals surface area contributed by atoms with Gasteiger partial charge in [-0.1, -0.05) is 19.4 Å². The van der Waals surface area contributed by atoms with Crippen molar-refractivity contribution in [3.8, 4) is 0 Å². The van der Waals surface area contributed by atoms with Crippen molar-refractivity contribution in [3.63, 3.8) is 0 Å². The second-order valence-corrected chi connectivity index (χ2v) is 4.84. The molecule has 0 aliphatic heterocycles. The van der Waals surface area contributed by atoms with Crippen LogP contribution in [-0.2, 0) is 6.54 Å². The first-order valence-corrected chi connectivity index (χ1v) is 6.19. The summed E-state index contributed by atoms with van der Waals surface area (Å²) in [6.45, 7) is 5.08. The molecule has 1 aliphatic rings. The number of hydrogen-bond donors (Lipinski definition) is 1. The molecule has 2 heteroatoms. The summed E-state index contributed by atoms with van der Waals surface area (Å²) in [6, 6.07) is 5.73. The highest BCUT2D eigenvalue weighted by Gasteiger charge is 2.35. The number of hydrogen-bond acceptors (Lipinski definition) is 1. The Kier molecular flexibility index (Phi) is 3.59. The van der Waals surface area contributed by atoms with Gasteiger partial charge in [-0.05, 0) is 48.9 Å². The van der Waals surface area contributed by atoms with Crippen LogP contribution in [0.2, 0.25) is 0 Å². The van der Waals surface area contributed by atoms with E-state index in [0.717, 1.165) is 18.0 Å². The van der Waals surface area contributed by atoms with Crippen LogP contribution >= 0.6 is 0 Å². The van der Waals surface area contributed by atoms with E-state index >= 15 is 0 Å². The fourth-order valence-corrected chi connectivity index (χ4v) is 2.29. The van der Waals surface area contributed by atoms with Crippen LogP contribution in [0.5, 0.6) is 0 Å². The van der Waals surface area contributed by atoms with E-state index in [1.807, 2.05) is 13.0 Å². The van der Waals surface area contributed by atoms with Crippen LogP contribution in [0.4, 0.5) is 4.39 Å². The number of aryl methyl sites for hydroxylation is 1. The first kappa shape index (κ1) is 11.6. The molecule has 1 N–H and O–H groups in total. The Balaban J connectivity index is 1.82. The average molecular weight is 221 g/mol. The van der Waals surface area contributed by atoms with Crippen LogP contribution in [0.1, 0.15) is 37.3 Å². The van der Waals surface area contributed by atoms with Crippen LogP contribution in [0.15, 0.2) is 18.2 Å². The minimum absolute atomic E-state index is 0.142. The highest BCUT2D eigenvalue weighted by atomic mass is 19.1. The fourth-order valence-electron chi connectivity index (χ4n) is 2.29. The molecule has 1 saturated carbocycles. The molecule has 2 unspecified atom stereocenters. The number of nitrogens with one attached hydrogen (secondary N) is 1. The van der Waals surface area contributed by atoms with Crippen molar-refractivity contribution in [2.24, 2.45) is 5.92 Å². The van der Waals surface area contributed by atoms with E-state index in [1.165, 1.54) is 24.8 Å². The van der Waals surface area contributed by atoms with Crippen LogP contribution in [0.25, 0.3) is 0 Å². The van der Waals surface area contributed by atoms with Crippen LogP contribution in [0.3, 0.4) is 0 Å². The highest BCUT2D eigenvalue weighted by molar-refractivity contribution is 5.26. The third kappa shape index (κ3) is 2.82. The van der Waals surface area contributed by atoms with E-state index in [1.54, 1.807) is 12.1 Å². The van der Waals surface area contributed by atoms with Crippen molar-refractivity contribution >= 4 is 0 Å². The van der Waals surface area contributed by atoms with E-state index < -0.39 is 0 Å². The summed E-state index contributed by atoms with van der Waals surface area (Å²) in [4.78, 5) is 0. The molecule has 0 spiro atoms. The molecule has 0 amide bonds. The van der Waals surface area contributed by atoms with Gasteiger partial charge in [-0.25, -0.2) is 4.39 Å². The largest absolute Gasteiger partial charge is 0.310 e. The summed E-state index contributed by atoms with van der Waals surface area (Å²) >= 11 is 0.